The van der Waals surface area contributed by atoms with E-state index in [1.165, 1.54) is 0 Å². The molecule has 0 saturated heterocycles. The van der Waals surface area contributed by atoms with Crippen molar-refractivity contribution in [3.05, 3.63) is 27.1 Å². The van der Waals surface area contributed by atoms with E-state index >= 15 is 0 Å². The van der Waals surface area contributed by atoms with Crippen LogP contribution in [0.5, 0.6) is 5.75 Å². The Morgan fingerprint density at radius 3 is 1.91 bits per heavy atom. The molecule has 5 heteroatoms. The van der Waals surface area contributed by atoms with Crippen LogP contribution >= 0.6 is 44.3 Å². The third-order valence-electron chi connectivity index (χ3n) is 0.972. The van der Waals surface area contributed by atoms with Gasteiger partial charge in [0.15, 0.2) is 0 Å². The van der Waals surface area contributed by atoms with Crippen molar-refractivity contribution in [2.24, 2.45) is 5.90 Å². The molecular formula is C6H6Br2ClNO. The summed E-state index contributed by atoms with van der Waals surface area (Å²) in [6.45, 7) is 0. The predicted octanol–water partition coefficient (Wildman–Crippen LogP) is 2.89. The Labute approximate surface area is 87.7 Å². The molecule has 62 valence electrons. The summed E-state index contributed by atoms with van der Waals surface area (Å²) < 4.78 is 1.87. The molecule has 1 rings (SSSR count). The molecule has 2 nitrogen and oxygen atoms in total. The lowest BCUT2D eigenvalue weighted by Crippen LogP contribution is -2.01. The highest BCUT2D eigenvalue weighted by molar-refractivity contribution is 9.11. The molecule has 0 radical (unpaired) electrons. The first-order chi connectivity index (χ1) is 4.72. The molecule has 1 aromatic rings. The number of benzene rings is 1. The second-order valence-electron chi connectivity index (χ2n) is 1.72. The molecule has 0 aliphatic heterocycles. The molecule has 0 atom stereocenters. The van der Waals surface area contributed by atoms with Crippen molar-refractivity contribution < 1.29 is 4.84 Å². The number of hydrogen-bond donors (Lipinski definition) is 1. The number of hydrogen-bond acceptors (Lipinski definition) is 2. The van der Waals surface area contributed by atoms with E-state index in [2.05, 4.69) is 36.7 Å². The summed E-state index contributed by atoms with van der Waals surface area (Å²) in [5.74, 6) is 5.57. The number of rotatable bonds is 1. The Morgan fingerprint density at radius 1 is 1.09 bits per heavy atom. The maximum Gasteiger partial charge on any atom is 0.149 e. The van der Waals surface area contributed by atoms with E-state index in [0.717, 1.165) is 8.95 Å². The van der Waals surface area contributed by atoms with Crippen molar-refractivity contribution >= 4 is 44.3 Å². The molecule has 0 unspecified atom stereocenters. The van der Waals surface area contributed by atoms with Gasteiger partial charge in [0.2, 0.25) is 0 Å². The van der Waals surface area contributed by atoms with Gasteiger partial charge < -0.3 is 4.84 Å². The van der Waals surface area contributed by atoms with Crippen LogP contribution in [-0.2, 0) is 0 Å². The van der Waals surface area contributed by atoms with Crippen molar-refractivity contribution in [2.75, 3.05) is 0 Å². The fraction of sp³-hybridized carbons (Fsp3) is 0. The van der Waals surface area contributed by atoms with E-state index in [1.807, 2.05) is 6.07 Å². The van der Waals surface area contributed by atoms with Crippen molar-refractivity contribution in [1.82, 2.24) is 0 Å². The molecule has 0 amide bonds. The Morgan fingerprint density at radius 2 is 1.55 bits per heavy atom. The summed E-state index contributed by atoms with van der Waals surface area (Å²) >= 11 is 6.58. The average Bonchev–Trinajstić information content (AvgIpc) is 1.85. The number of halogens is 3. The summed E-state index contributed by atoms with van der Waals surface area (Å²) in [7, 11) is 0. The van der Waals surface area contributed by atoms with Crippen LogP contribution in [0, 0.1) is 0 Å². The third kappa shape index (κ3) is 3.42. The smallest absolute Gasteiger partial charge is 0.149 e. The summed E-state index contributed by atoms with van der Waals surface area (Å²) in [6, 6.07) is 5.47. The molecule has 0 heterocycles. The standard InChI is InChI=1S/C6H5Br2NO.ClH/c7-4-1-5(8)3-6(2-4)10-9;/h1-3H,9H2;1H. The molecule has 0 aromatic heterocycles. The lowest BCUT2D eigenvalue weighted by atomic mass is 10.3. The van der Waals surface area contributed by atoms with Crippen molar-refractivity contribution in [1.29, 1.82) is 0 Å². The molecule has 0 bridgehead atoms. The Balaban J connectivity index is 0.000001000. The highest BCUT2D eigenvalue weighted by Gasteiger charge is 1.95. The summed E-state index contributed by atoms with van der Waals surface area (Å²) in [5, 5.41) is 0. The Kier molecular flexibility index (Phi) is 5.08. The average molecular weight is 303 g/mol. The van der Waals surface area contributed by atoms with Gasteiger partial charge in [0.1, 0.15) is 5.75 Å². The van der Waals surface area contributed by atoms with Crippen LogP contribution in [0.4, 0.5) is 0 Å². The number of nitrogens with two attached hydrogens (primary N) is 1. The minimum atomic E-state index is 0. The van der Waals surface area contributed by atoms with Gasteiger partial charge in [0.25, 0.3) is 0 Å². The zero-order valence-electron chi connectivity index (χ0n) is 5.38. The van der Waals surface area contributed by atoms with E-state index in [1.54, 1.807) is 12.1 Å². The fourth-order valence-electron chi connectivity index (χ4n) is 0.597. The van der Waals surface area contributed by atoms with E-state index in [0.29, 0.717) is 5.75 Å². The van der Waals surface area contributed by atoms with Crippen LogP contribution in [0.15, 0.2) is 27.1 Å². The SMILES string of the molecule is Cl.NOc1cc(Br)cc(Br)c1. The van der Waals surface area contributed by atoms with E-state index in [4.69, 9.17) is 5.90 Å². The van der Waals surface area contributed by atoms with E-state index < -0.39 is 0 Å². The van der Waals surface area contributed by atoms with Gasteiger partial charge in [-0.25, -0.2) is 0 Å². The molecule has 0 aliphatic rings. The fourth-order valence-corrected chi connectivity index (χ4v) is 1.85. The lowest BCUT2D eigenvalue weighted by molar-refractivity contribution is 0.334. The van der Waals surface area contributed by atoms with Crippen molar-refractivity contribution in [2.45, 2.75) is 0 Å². The molecule has 1 aromatic carbocycles. The van der Waals surface area contributed by atoms with Gasteiger partial charge in [-0.05, 0) is 18.2 Å². The molecule has 0 aliphatic carbocycles. The zero-order valence-corrected chi connectivity index (χ0v) is 9.37. The van der Waals surface area contributed by atoms with Crippen LogP contribution in [0.1, 0.15) is 0 Å². The van der Waals surface area contributed by atoms with Crippen LogP contribution in [0.25, 0.3) is 0 Å². The molecular weight excluding hydrogens is 297 g/mol. The van der Waals surface area contributed by atoms with E-state index in [-0.39, 0.29) is 12.4 Å². The first-order valence-corrected chi connectivity index (χ1v) is 4.14. The monoisotopic (exact) mass is 301 g/mol. The van der Waals surface area contributed by atoms with Gasteiger partial charge in [-0.3, -0.25) is 0 Å². The van der Waals surface area contributed by atoms with Crippen molar-refractivity contribution in [3.8, 4) is 5.75 Å². The minimum Gasteiger partial charge on any atom is -0.411 e. The second-order valence-corrected chi connectivity index (χ2v) is 3.55. The highest BCUT2D eigenvalue weighted by Crippen LogP contribution is 2.23. The summed E-state index contributed by atoms with van der Waals surface area (Å²) in [4.78, 5) is 4.52. The molecule has 0 fully saturated rings. The second kappa shape index (κ2) is 4.98. The van der Waals surface area contributed by atoms with Crippen LogP contribution < -0.4 is 10.7 Å². The molecule has 0 saturated carbocycles. The van der Waals surface area contributed by atoms with Gasteiger partial charge >= 0.3 is 0 Å². The van der Waals surface area contributed by atoms with Crippen molar-refractivity contribution in [3.63, 3.8) is 0 Å². The van der Waals surface area contributed by atoms with Gasteiger partial charge in [0.05, 0.1) is 0 Å². The maximum atomic E-state index is 4.95. The normalized spacial score (nSPS) is 8.64. The first kappa shape index (κ1) is 11.2. The van der Waals surface area contributed by atoms with Crippen LogP contribution in [0.3, 0.4) is 0 Å². The lowest BCUT2D eigenvalue weighted by Gasteiger charge is -1.98. The molecule has 2 N–H and O–H groups in total. The summed E-state index contributed by atoms with van der Waals surface area (Å²) in [5.41, 5.74) is 0. The Bertz CT molecular complexity index is 224. The largest absolute Gasteiger partial charge is 0.411 e. The van der Waals surface area contributed by atoms with Gasteiger partial charge in [0, 0.05) is 8.95 Å². The van der Waals surface area contributed by atoms with Gasteiger partial charge in [-0.2, -0.15) is 5.90 Å². The van der Waals surface area contributed by atoms with E-state index in [9.17, 15) is 0 Å². The quantitative estimate of drug-likeness (QED) is 0.810. The van der Waals surface area contributed by atoms with Gasteiger partial charge in [-0.1, -0.05) is 31.9 Å². The van der Waals surface area contributed by atoms with Crippen LogP contribution in [-0.4, -0.2) is 0 Å². The molecule has 11 heavy (non-hydrogen) atoms. The summed E-state index contributed by atoms with van der Waals surface area (Å²) in [6.07, 6.45) is 0. The molecule has 0 spiro atoms. The zero-order chi connectivity index (χ0) is 7.56. The Hall–Kier alpha value is 0.230. The minimum absolute atomic E-state index is 0. The third-order valence-corrected chi connectivity index (χ3v) is 1.89. The maximum absolute atomic E-state index is 4.95. The van der Waals surface area contributed by atoms with Gasteiger partial charge in [-0.15, -0.1) is 12.4 Å². The van der Waals surface area contributed by atoms with Crippen LogP contribution in [0.2, 0.25) is 0 Å². The highest BCUT2D eigenvalue weighted by atomic mass is 79.9. The topological polar surface area (TPSA) is 35.2 Å². The first-order valence-electron chi connectivity index (χ1n) is 2.55. The predicted molar refractivity (Wildman–Crippen MR) is 53.9 cm³/mol.